The molecule has 0 aliphatic rings. The largest absolute Gasteiger partial charge is 0.354 e. The molecule has 7 nitrogen and oxygen atoms in total. The first-order valence-corrected chi connectivity index (χ1v) is 15.1. The lowest BCUT2D eigenvalue weighted by atomic mass is 10.0. The van der Waals surface area contributed by atoms with E-state index in [9.17, 15) is 18.0 Å². The Hall–Kier alpha value is -3.36. The minimum atomic E-state index is -3.82. The van der Waals surface area contributed by atoms with Crippen LogP contribution in [0.5, 0.6) is 0 Å². The number of amides is 2. The number of benzene rings is 3. The zero-order chi connectivity index (χ0) is 28.6. The third kappa shape index (κ3) is 8.31. The first kappa shape index (κ1) is 30.2. The molecule has 3 aromatic carbocycles. The quantitative estimate of drug-likeness (QED) is 0.336. The van der Waals surface area contributed by atoms with Gasteiger partial charge >= 0.3 is 0 Å². The molecule has 0 aromatic heterocycles. The summed E-state index contributed by atoms with van der Waals surface area (Å²) in [5.41, 5.74) is 3.77. The van der Waals surface area contributed by atoms with Gasteiger partial charge in [0.15, 0.2) is 0 Å². The van der Waals surface area contributed by atoms with Gasteiger partial charge in [-0.3, -0.25) is 13.9 Å². The van der Waals surface area contributed by atoms with E-state index in [0.29, 0.717) is 17.3 Å². The highest BCUT2D eigenvalue weighted by Gasteiger charge is 2.33. The summed E-state index contributed by atoms with van der Waals surface area (Å²) in [4.78, 5) is 29.0. The minimum absolute atomic E-state index is 0.109. The van der Waals surface area contributed by atoms with Crippen molar-refractivity contribution in [3.05, 3.63) is 100 Å². The van der Waals surface area contributed by atoms with Crippen LogP contribution >= 0.6 is 11.6 Å². The fourth-order valence-corrected chi connectivity index (χ4v) is 5.33. The van der Waals surface area contributed by atoms with E-state index in [4.69, 9.17) is 11.6 Å². The second-order valence-corrected chi connectivity index (χ2v) is 12.0. The van der Waals surface area contributed by atoms with Crippen LogP contribution in [0, 0.1) is 13.8 Å². The summed E-state index contributed by atoms with van der Waals surface area (Å²) in [6.45, 7) is 5.81. The van der Waals surface area contributed by atoms with E-state index in [0.717, 1.165) is 39.2 Å². The summed E-state index contributed by atoms with van der Waals surface area (Å²) >= 11 is 6.08. The fraction of sp³-hybridized carbons (Fsp3) is 0.333. The molecule has 9 heteroatoms. The number of nitrogens with zero attached hydrogens (tertiary/aromatic N) is 2. The van der Waals surface area contributed by atoms with E-state index >= 15 is 0 Å². The number of carbonyl (C=O) groups is 2. The lowest BCUT2D eigenvalue weighted by Crippen LogP contribution is -2.53. The molecule has 0 heterocycles. The van der Waals surface area contributed by atoms with Crippen molar-refractivity contribution in [3.63, 3.8) is 0 Å². The SMILES string of the molecule is CCCNC(=O)[C@H](Cc1ccccc1)N(Cc1ccc(Cl)cc1)C(=O)CN(c1cccc(C)c1C)S(C)(=O)=O. The molecule has 39 heavy (non-hydrogen) atoms. The number of sulfonamides is 1. The Bertz CT molecular complexity index is 1380. The molecule has 0 bridgehead atoms. The zero-order valence-electron chi connectivity index (χ0n) is 22.9. The predicted octanol–water partition coefficient (Wildman–Crippen LogP) is 4.89. The van der Waals surface area contributed by atoms with Crippen LogP contribution in [-0.2, 0) is 32.6 Å². The van der Waals surface area contributed by atoms with Crippen LogP contribution in [0.3, 0.4) is 0 Å². The summed E-state index contributed by atoms with van der Waals surface area (Å²) < 4.78 is 27.0. The minimum Gasteiger partial charge on any atom is -0.354 e. The lowest BCUT2D eigenvalue weighted by Gasteiger charge is -2.34. The Morgan fingerprint density at radius 3 is 2.21 bits per heavy atom. The van der Waals surface area contributed by atoms with Gasteiger partial charge < -0.3 is 10.2 Å². The van der Waals surface area contributed by atoms with Gasteiger partial charge in [0.1, 0.15) is 12.6 Å². The molecule has 0 aliphatic carbocycles. The van der Waals surface area contributed by atoms with Crippen molar-refractivity contribution in [2.75, 3.05) is 23.7 Å². The number of carbonyl (C=O) groups excluding carboxylic acids is 2. The van der Waals surface area contributed by atoms with Gasteiger partial charge in [-0.2, -0.15) is 0 Å². The van der Waals surface area contributed by atoms with Gasteiger partial charge in [-0.15, -0.1) is 0 Å². The van der Waals surface area contributed by atoms with Gasteiger partial charge in [0.2, 0.25) is 21.8 Å². The first-order valence-electron chi connectivity index (χ1n) is 12.9. The van der Waals surface area contributed by atoms with E-state index in [2.05, 4.69) is 5.32 Å². The number of hydrogen-bond donors (Lipinski definition) is 1. The summed E-state index contributed by atoms with van der Waals surface area (Å²) in [7, 11) is -3.82. The second-order valence-electron chi connectivity index (χ2n) is 9.63. The zero-order valence-corrected chi connectivity index (χ0v) is 24.4. The van der Waals surface area contributed by atoms with Crippen LogP contribution in [0.2, 0.25) is 5.02 Å². The number of nitrogens with one attached hydrogen (secondary N) is 1. The average molecular weight is 570 g/mol. The Balaban J connectivity index is 2.06. The number of rotatable bonds is 12. The molecule has 0 saturated heterocycles. The Morgan fingerprint density at radius 2 is 1.59 bits per heavy atom. The van der Waals surface area contributed by atoms with Crippen LogP contribution in [0.4, 0.5) is 5.69 Å². The third-order valence-corrected chi connectivity index (χ3v) is 7.99. The van der Waals surface area contributed by atoms with Crippen molar-refractivity contribution in [2.45, 2.75) is 46.2 Å². The van der Waals surface area contributed by atoms with E-state index in [1.165, 1.54) is 4.90 Å². The standard InChI is InChI=1S/C30H36ClN3O4S/c1-5-18-32-30(36)28(19-24-11-7-6-8-12-24)33(20-25-14-16-26(31)17-15-25)29(35)21-34(39(4,37)38)27-13-9-10-22(2)23(27)3/h6-17,28H,5,18-21H2,1-4H3,(H,32,36)/t28-/m0/s1. The topological polar surface area (TPSA) is 86.8 Å². The van der Waals surface area contributed by atoms with Crippen molar-refractivity contribution in [2.24, 2.45) is 0 Å². The Morgan fingerprint density at radius 1 is 0.923 bits per heavy atom. The van der Waals surface area contributed by atoms with Crippen LogP contribution < -0.4 is 9.62 Å². The molecule has 0 aliphatic heterocycles. The van der Waals surface area contributed by atoms with Gasteiger partial charge in [-0.25, -0.2) is 8.42 Å². The molecule has 0 spiro atoms. The van der Waals surface area contributed by atoms with Crippen molar-refractivity contribution in [1.29, 1.82) is 0 Å². The average Bonchev–Trinajstić information content (AvgIpc) is 2.90. The fourth-order valence-electron chi connectivity index (χ4n) is 4.31. The number of anilines is 1. The molecule has 3 aromatic rings. The number of hydrogen-bond acceptors (Lipinski definition) is 4. The maximum atomic E-state index is 14.1. The smallest absolute Gasteiger partial charge is 0.244 e. The van der Waals surface area contributed by atoms with Crippen molar-refractivity contribution in [3.8, 4) is 0 Å². The van der Waals surface area contributed by atoms with Crippen LogP contribution in [-0.4, -0.2) is 50.5 Å². The van der Waals surface area contributed by atoms with E-state index in [1.807, 2.05) is 57.2 Å². The molecule has 208 valence electrons. The summed E-state index contributed by atoms with van der Waals surface area (Å²) in [5.74, 6) is -0.774. The normalized spacial score (nSPS) is 12.0. The summed E-state index contributed by atoms with van der Waals surface area (Å²) in [6.07, 6.45) is 2.10. The molecule has 1 N–H and O–H groups in total. The highest BCUT2D eigenvalue weighted by molar-refractivity contribution is 7.92. The van der Waals surface area contributed by atoms with E-state index in [1.54, 1.807) is 36.4 Å². The molecular formula is C30H36ClN3O4S. The number of halogens is 1. The lowest BCUT2D eigenvalue weighted by molar-refractivity contribution is -0.140. The van der Waals surface area contributed by atoms with Crippen molar-refractivity contribution >= 4 is 39.1 Å². The molecule has 2 amide bonds. The number of aryl methyl sites for hydroxylation is 1. The van der Waals surface area contributed by atoms with Crippen molar-refractivity contribution in [1.82, 2.24) is 10.2 Å². The second kappa shape index (κ2) is 13.6. The molecule has 1 atom stereocenters. The maximum Gasteiger partial charge on any atom is 0.244 e. The molecule has 0 saturated carbocycles. The summed E-state index contributed by atoms with van der Waals surface area (Å²) in [5, 5.41) is 3.48. The van der Waals surface area contributed by atoms with Crippen LogP contribution in [0.15, 0.2) is 72.8 Å². The molecular weight excluding hydrogens is 534 g/mol. The first-order chi connectivity index (χ1) is 18.5. The summed E-state index contributed by atoms with van der Waals surface area (Å²) in [6, 6.07) is 21.0. The van der Waals surface area contributed by atoms with E-state index in [-0.39, 0.29) is 18.9 Å². The van der Waals surface area contributed by atoms with Crippen molar-refractivity contribution < 1.29 is 18.0 Å². The Kier molecular flexibility index (Phi) is 10.5. The molecule has 0 radical (unpaired) electrons. The van der Waals surface area contributed by atoms with Crippen LogP contribution in [0.1, 0.15) is 35.6 Å². The van der Waals surface area contributed by atoms with E-state index < -0.39 is 28.5 Å². The van der Waals surface area contributed by atoms with Gasteiger partial charge in [0.05, 0.1) is 11.9 Å². The highest BCUT2D eigenvalue weighted by Crippen LogP contribution is 2.26. The van der Waals surface area contributed by atoms with Gasteiger partial charge in [-0.05, 0) is 60.7 Å². The monoisotopic (exact) mass is 569 g/mol. The molecule has 0 unspecified atom stereocenters. The van der Waals surface area contributed by atoms with Gasteiger partial charge in [-0.1, -0.05) is 73.1 Å². The highest BCUT2D eigenvalue weighted by atomic mass is 35.5. The van der Waals surface area contributed by atoms with Crippen LogP contribution in [0.25, 0.3) is 0 Å². The predicted molar refractivity (Wildman–Crippen MR) is 157 cm³/mol. The molecule has 0 fully saturated rings. The van der Waals surface area contributed by atoms with Gasteiger partial charge in [0.25, 0.3) is 0 Å². The molecule has 3 rings (SSSR count). The van der Waals surface area contributed by atoms with Gasteiger partial charge in [0, 0.05) is 24.5 Å². The third-order valence-electron chi connectivity index (χ3n) is 6.61. The maximum absolute atomic E-state index is 14.1. The Labute approximate surface area is 236 Å².